The lowest BCUT2D eigenvalue weighted by atomic mass is 10.2. The van der Waals surface area contributed by atoms with Crippen LogP contribution < -0.4 is 10.2 Å². The van der Waals surface area contributed by atoms with E-state index in [9.17, 15) is 19.7 Å². The van der Waals surface area contributed by atoms with E-state index in [-0.39, 0.29) is 17.2 Å². The van der Waals surface area contributed by atoms with Gasteiger partial charge in [-0.25, -0.2) is 10.2 Å². The number of carbonyl (C=O) groups is 2. The monoisotopic (exact) mass is 390 g/mol. The van der Waals surface area contributed by atoms with Gasteiger partial charge in [-0.15, -0.1) is 0 Å². The number of hydrazone groups is 1. The van der Waals surface area contributed by atoms with Gasteiger partial charge in [-0.3, -0.25) is 19.9 Å². The SMILES string of the molecule is O=C(N/N=C\c1ccc(OC(=O)c2ccc([N+](=O)[O-])cc2)cc1)c1ccncc1. The van der Waals surface area contributed by atoms with Crippen molar-refractivity contribution in [1.82, 2.24) is 10.4 Å². The molecular formula is C20H14N4O5. The van der Waals surface area contributed by atoms with Crippen LogP contribution in [0, 0.1) is 10.1 Å². The van der Waals surface area contributed by atoms with E-state index in [4.69, 9.17) is 4.74 Å². The summed E-state index contributed by atoms with van der Waals surface area (Å²) < 4.78 is 5.23. The molecule has 2 aromatic carbocycles. The van der Waals surface area contributed by atoms with Gasteiger partial charge in [0.2, 0.25) is 0 Å². The molecule has 0 saturated carbocycles. The van der Waals surface area contributed by atoms with Crippen molar-refractivity contribution in [2.75, 3.05) is 0 Å². The molecule has 144 valence electrons. The van der Waals surface area contributed by atoms with Crippen LogP contribution in [0.2, 0.25) is 0 Å². The molecule has 0 aliphatic heterocycles. The number of benzene rings is 2. The maximum atomic E-state index is 12.1. The Kier molecular flexibility index (Phi) is 6.01. The summed E-state index contributed by atoms with van der Waals surface area (Å²) in [5.41, 5.74) is 3.59. The number of amides is 1. The normalized spacial score (nSPS) is 10.5. The van der Waals surface area contributed by atoms with Gasteiger partial charge < -0.3 is 4.74 Å². The molecule has 0 radical (unpaired) electrons. The molecule has 1 heterocycles. The fourth-order valence-corrected chi connectivity index (χ4v) is 2.24. The van der Waals surface area contributed by atoms with E-state index in [0.29, 0.717) is 16.9 Å². The average Bonchev–Trinajstić information content (AvgIpc) is 2.75. The standard InChI is InChI=1S/C20H14N4O5/c25-19(15-9-11-21-12-10-15)23-22-13-14-1-7-18(8-2-14)29-20(26)16-3-5-17(6-4-16)24(27)28/h1-13H,(H,23,25)/b22-13-. The lowest BCUT2D eigenvalue weighted by Crippen LogP contribution is -2.17. The van der Waals surface area contributed by atoms with E-state index < -0.39 is 10.9 Å². The number of rotatable bonds is 6. The summed E-state index contributed by atoms with van der Waals surface area (Å²) in [6.07, 6.45) is 4.46. The molecule has 0 bridgehead atoms. The molecule has 9 heteroatoms. The highest BCUT2D eigenvalue weighted by Gasteiger charge is 2.11. The minimum atomic E-state index is -0.633. The minimum Gasteiger partial charge on any atom is -0.423 e. The van der Waals surface area contributed by atoms with Crippen molar-refractivity contribution < 1.29 is 19.2 Å². The van der Waals surface area contributed by atoms with Crippen LogP contribution in [0.1, 0.15) is 26.3 Å². The molecule has 0 spiro atoms. The van der Waals surface area contributed by atoms with Crippen molar-refractivity contribution in [3.8, 4) is 5.75 Å². The number of hydrogen-bond acceptors (Lipinski definition) is 7. The number of nitro benzene ring substituents is 1. The fraction of sp³-hybridized carbons (Fsp3) is 0. The van der Waals surface area contributed by atoms with E-state index in [1.807, 2.05) is 0 Å². The molecule has 29 heavy (non-hydrogen) atoms. The number of carbonyl (C=O) groups excluding carboxylic acids is 2. The Morgan fingerprint density at radius 2 is 1.62 bits per heavy atom. The third-order valence-corrected chi connectivity index (χ3v) is 3.73. The van der Waals surface area contributed by atoms with E-state index >= 15 is 0 Å². The average molecular weight is 390 g/mol. The molecule has 1 amide bonds. The number of nitrogens with one attached hydrogen (secondary N) is 1. The first-order valence-corrected chi connectivity index (χ1v) is 8.33. The molecule has 0 atom stereocenters. The van der Waals surface area contributed by atoms with Crippen molar-refractivity contribution in [2.45, 2.75) is 0 Å². The smallest absolute Gasteiger partial charge is 0.343 e. The summed E-state index contributed by atoms with van der Waals surface area (Å²) >= 11 is 0. The van der Waals surface area contributed by atoms with Crippen LogP contribution in [-0.4, -0.2) is 28.0 Å². The second-order valence-electron chi connectivity index (χ2n) is 5.70. The van der Waals surface area contributed by atoms with Crippen LogP contribution in [0.25, 0.3) is 0 Å². The Morgan fingerprint density at radius 3 is 2.24 bits per heavy atom. The molecule has 1 aromatic heterocycles. The number of aromatic nitrogens is 1. The summed E-state index contributed by atoms with van der Waals surface area (Å²) in [6, 6.07) is 14.7. The van der Waals surface area contributed by atoms with E-state index in [0.717, 1.165) is 0 Å². The fourth-order valence-electron chi connectivity index (χ4n) is 2.24. The van der Waals surface area contributed by atoms with Crippen molar-refractivity contribution in [2.24, 2.45) is 5.10 Å². The molecule has 0 saturated heterocycles. The second-order valence-corrected chi connectivity index (χ2v) is 5.70. The van der Waals surface area contributed by atoms with Gasteiger partial charge in [0.15, 0.2) is 0 Å². The van der Waals surface area contributed by atoms with Crippen molar-refractivity contribution in [3.63, 3.8) is 0 Å². The number of nitro groups is 1. The van der Waals surface area contributed by atoms with Crippen LogP contribution in [0.4, 0.5) is 5.69 Å². The van der Waals surface area contributed by atoms with Gasteiger partial charge in [0, 0.05) is 30.1 Å². The summed E-state index contributed by atoms with van der Waals surface area (Å²) in [6.45, 7) is 0. The zero-order valence-electron chi connectivity index (χ0n) is 14.9. The zero-order valence-corrected chi connectivity index (χ0v) is 14.9. The Bertz CT molecular complexity index is 1050. The first-order valence-electron chi connectivity index (χ1n) is 8.33. The Balaban J connectivity index is 1.56. The first kappa shape index (κ1) is 19.4. The van der Waals surface area contributed by atoms with Gasteiger partial charge in [-0.05, 0) is 54.1 Å². The summed E-state index contributed by atoms with van der Waals surface area (Å²) in [4.78, 5) is 37.9. The first-order chi connectivity index (χ1) is 14.0. The molecule has 0 aliphatic carbocycles. The van der Waals surface area contributed by atoms with Gasteiger partial charge in [0.05, 0.1) is 16.7 Å². The number of hydrogen-bond donors (Lipinski definition) is 1. The highest BCUT2D eigenvalue weighted by Crippen LogP contribution is 2.16. The Hall–Kier alpha value is -4.40. The maximum Gasteiger partial charge on any atom is 0.343 e. The third-order valence-electron chi connectivity index (χ3n) is 3.73. The Labute approximate surface area is 164 Å². The topological polar surface area (TPSA) is 124 Å². The van der Waals surface area contributed by atoms with Gasteiger partial charge >= 0.3 is 5.97 Å². The Morgan fingerprint density at radius 1 is 0.966 bits per heavy atom. The highest BCUT2D eigenvalue weighted by molar-refractivity contribution is 5.94. The van der Waals surface area contributed by atoms with Gasteiger partial charge in [-0.1, -0.05) is 0 Å². The van der Waals surface area contributed by atoms with Crippen molar-refractivity contribution in [3.05, 3.63) is 99.9 Å². The summed E-state index contributed by atoms with van der Waals surface area (Å²) in [5, 5.41) is 14.5. The second kappa shape index (κ2) is 9.00. The molecule has 0 unspecified atom stereocenters. The zero-order chi connectivity index (χ0) is 20.6. The van der Waals surface area contributed by atoms with Crippen LogP contribution in [0.5, 0.6) is 5.75 Å². The van der Waals surface area contributed by atoms with Gasteiger partial charge in [0.25, 0.3) is 11.6 Å². The number of esters is 1. The highest BCUT2D eigenvalue weighted by atomic mass is 16.6. The van der Waals surface area contributed by atoms with Gasteiger partial charge in [0.1, 0.15) is 5.75 Å². The number of nitrogens with zero attached hydrogens (tertiary/aromatic N) is 3. The maximum absolute atomic E-state index is 12.1. The molecule has 3 aromatic rings. The van der Waals surface area contributed by atoms with E-state index in [1.54, 1.807) is 36.4 Å². The molecule has 3 rings (SSSR count). The van der Waals surface area contributed by atoms with Crippen LogP contribution in [-0.2, 0) is 0 Å². The third kappa shape index (κ3) is 5.30. The molecule has 9 nitrogen and oxygen atoms in total. The summed E-state index contributed by atoms with van der Waals surface area (Å²) in [7, 11) is 0. The number of pyridine rings is 1. The largest absolute Gasteiger partial charge is 0.423 e. The molecule has 1 N–H and O–H groups in total. The minimum absolute atomic E-state index is 0.110. The number of ether oxygens (including phenoxy) is 1. The summed E-state index contributed by atoms with van der Waals surface area (Å²) in [5.74, 6) is -0.699. The van der Waals surface area contributed by atoms with Crippen LogP contribution in [0.15, 0.2) is 78.2 Å². The van der Waals surface area contributed by atoms with Crippen molar-refractivity contribution in [1.29, 1.82) is 0 Å². The molecule has 0 fully saturated rings. The lowest BCUT2D eigenvalue weighted by Gasteiger charge is -2.04. The molecular weight excluding hydrogens is 376 g/mol. The van der Waals surface area contributed by atoms with Crippen LogP contribution in [0.3, 0.4) is 0 Å². The lowest BCUT2D eigenvalue weighted by molar-refractivity contribution is -0.384. The van der Waals surface area contributed by atoms with E-state index in [2.05, 4.69) is 15.5 Å². The van der Waals surface area contributed by atoms with Crippen molar-refractivity contribution >= 4 is 23.8 Å². The predicted octanol–water partition coefficient (Wildman–Crippen LogP) is 2.97. The number of non-ortho nitro benzene ring substituents is 1. The van der Waals surface area contributed by atoms with Gasteiger partial charge in [-0.2, -0.15) is 5.10 Å². The predicted molar refractivity (Wildman–Crippen MR) is 104 cm³/mol. The van der Waals surface area contributed by atoms with E-state index in [1.165, 1.54) is 42.9 Å². The quantitative estimate of drug-likeness (QED) is 0.227. The molecule has 0 aliphatic rings. The van der Waals surface area contributed by atoms with Crippen LogP contribution >= 0.6 is 0 Å².